The van der Waals surface area contributed by atoms with Crippen molar-refractivity contribution in [1.82, 2.24) is 20.2 Å². The number of hydrogen-bond acceptors (Lipinski definition) is 7. The molecule has 1 aromatic heterocycles. The minimum atomic E-state index is -0.533. The van der Waals surface area contributed by atoms with Crippen LogP contribution in [0.15, 0.2) is 60.9 Å². The Balaban J connectivity index is 1.32. The van der Waals surface area contributed by atoms with Crippen molar-refractivity contribution in [3.05, 3.63) is 93.2 Å². The number of carbonyl (C=O) groups is 3. The number of morpholine rings is 1. The van der Waals surface area contributed by atoms with E-state index in [0.29, 0.717) is 59.8 Å². The number of aryl methyl sites for hydroxylation is 1. The molecule has 1 N–H and O–H groups in total. The van der Waals surface area contributed by atoms with Crippen LogP contribution < -0.4 is 10.3 Å². The highest BCUT2D eigenvalue weighted by atomic mass is 35.5. The third kappa shape index (κ3) is 5.45. The lowest BCUT2D eigenvalue weighted by atomic mass is 9.92. The highest BCUT2D eigenvalue weighted by Gasteiger charge is 2.32. The molecule has 0 unspecified atom stereocenters. The number of nitrogens with one attached hydrogen (secondary N) is 1. The van der Waals surface area contributed by atoms with Gasteiger partial charge in [0.15, 0.2) is 0 Å². The highest BCUT2D eigenvalue weighted by Crippen LogP contribution is 2.36. The summed E-state index contributed by atoms with van der Waals surface area (Å²) < 4.78 is 12.2. The second-order valence-electron chi connectivity index (χ2n) is 10.2. The van der Waals surface area contributed by atoms with Crippen LogP contribution in [0.25, 0.3) is 22.3 Å². The molecule has 0 spiro atoms. The van der Waals surface area contributed by atoms with Gasteiger partial charge in [-0.05, 0) is 46.5 Å². The van der Waals surface area contributed by atoms with Crippen LogP contribution >= 0.6 is 23.2 Å². The standard InChI is InChI=1S/C31H27Cl2N5O5/c1-36-16-21(15-34-36)20-12-24(32)28(25(33)13-20)30(40)38-17-19-4-3-5-22(27(19)29(39)35-38)18-6-7-23(31(41)42-2)26(14-18)37-8-10-43-11-9-37/h3-7,12-16H,8-11,17H2,1-2H3,(H,35,39). The van der Waals surface area contributed by atoms with Crippen molar-refractivity contribution in [3.8, 4) is 22.3 Å². The van der Waals surface area contributed by atoms with Crippen LogP contribution in [0.3, 0.4) is 0 Å². The van der Waals surface area contributed by atoms with Crippen molar-refractivity contribution in [2.24, 2.45) is 7.05 Å². The Morgan fingerprint density at radius 3 is 2.42 bits per heavy atom. The lowest BCUT2D eigenvalue weighted by Crippen LogP contribution is -2.49. The zero-order valence-corrected chi connectivity index (χ0v) is 24.9. The zero-order chi connectivity index (χ0) is 30.2. The van der Waals surface area contributed by atoms with Crippen LogP contribution in [0.2, 0.25) is 10.0 Å². The molecule has 0 atom stereocenters. The molecule has 1 fully saturated rings. The van der Waals surface area contributed by atoms with E-state index in [9.17, 15) is 14.4 Å². The molecule has 4 aromatic rings. The number of rotatable bonds is 5. The summed E-state index contributed by atoms with van der Waals surface area (Å²) in [4.78, 5) is 41.8. The van der Waals surface area contributed by atoms with Gasteiger partial charge in [-0.15, -0.1) is 0 Å². The van der Waals surface area contributed by atoms with E-state index in [0.717, 1.165) is 11.1 Å². The van der Waals surface area contributed by atoms with E-state index in [1.807, 2.05) is 24.4 Å². The average molecular weight is 620 g/mol. The Bertz CT molecular complexity index is 1740. The number of amides is 2. The van der Waals surface area contributed by atoms with E-state index < -0.39 is 17.8 Å². The van der Waals surface area contributed by atoms with Crippen LogP contribution in [-0.4, -0.2) is 66.0 Å². The van der Waals surface area contributed by atoms with E-state index in [-0.39, 0.29) is 22.2 Å². The second-order valence-corrected chi connectivity index (χ2v) is 11.0. The Hall–Kier alpha value is -4.38. The van der Waals surface area contributed by atoms with Crippen molar-refractivity contribution in [2.45, 2.75) is 6.54 Å². The molecule has 3 heterocycles. The number of aromatic nitrogens is 2. The molecule has 12 heteroatoms. The van der Waals surface area contributed by atoms with Gasteiger partial charge in [-0.25, -0.2) is 9.80 Å². The highest BCUT2D eigenvalue weighted by molar-refractivity contribution is 6.40. The fourth-order valence-corrected chi connectivity index (χ4v) is 6.10. The fraction of sp³-hybridized carbons (Fsp3) is 0.226. The second kappa shape index (κ2) is 11.7. The van der Waals surface area contributed by atoms with Gasteiger partial charge in [0, 0.05) is 31.9 Å². The first-order valence-corrected chi connectivity index (χ1v) is 14.3. The van der Waals surface area contributed by atoms with Gasteiger partial charge in [0.25, 0.3) is 11.8 Å². The van der Waals surface area contributed by atoms with E-state index >= 15 is 0 Å². The first-order valence-electron chi connectivity index (χ1n) is 13.5. The van der Waals surface area contributed by atoms with E-state index in [1.54, 1.807) is 48.3 Å². The summed E-state index contributed by atoms with van der Waals surface area (Å²) in [6, 6.07) is 14.2. The van der Waals surface area contributed by atoms with Gasteiger partial charge in [0.2, 0.25) is 0 Å². The van der Waals surface area contributed by atoms with Crippen molar-refractivity contribution >= 4 is 46.7 Å². The third-order valence-electron chi connectivity index (χ3n) is 7.55. The number of hydrazine groups is 1. The van der Waals surface area contributed by atoms with E-state index in [2.05, 4.69) is 15.4 Å². The summed E-state index contributed by atoms with van der Waals surface area (Å²) in [7, 11) is 3.15. The van der Waals surface area contributed by atoms with Crippen molar-refractivity contribution in [2.75, 3.05) is 38.3 Å². The maximum Gasteiger partial charge on any atom is 0.339 e. The number of ether oxygens (including phenoxy) is 2. The number of carbonyl (C=O) groups excluding carboxylic acids is 3. The van der Waals surface area contributed by atoms with Gasteiger partial charge in [0.1, 0.15) is 0 Å². The van der Waals surface area contributed by atoms with Gasteiger partial charge >= 0.3 is 5.97 Å². The summed E-state index contributed by atoms with van der Waals surface area (Å²) in [5.74, 6) is -1.43. The number of benzene rings is 3. The van der Waals surface area contributed by atoms with Crippen molar-refractivity contribution < 1.29 is 23.9 Å². The topological polar surface area (TPSA) is 106 Å². The number of anilines is 1. The van der Waals surface area contributed by atoms with E-state index in [4.69, 9.17) is 32.7 Å². The molecule has 0 saturated carbocycles. The first-order chi connectivity index (χ1) is 20.7. The molecular weight excluding hydrogens is 593 g/mol. The molecule has 220 valence electrons. The maximum atomic E-state index is 13.6. The predicted molar refractivity (Wildman–Crippen MR) is 162 cm³/mol. The summed E-state index contributed by atoms with van der Waals surface area (Å²) in [6.45, 7) is 2.41. The van der Waals surface area contributed by atoms with Crippen molar-refractivity contribution in [3.63, 3.8) is 0 Å². The molecule has 0 aliphatic carbocycles. The number of methoxy groups -OCH3 is 1. The molecule has 0 bridgehead atoms. The maximum absolute atomic E-state index is 13.6. The number of fused-ring (bicyclic) bond motifs is 1. The Kier molecular flexibility index (Phi) is 7.83. The fourth-order valence-electron chi connectivity index (χ4n) is 5.45. The number of halogens is 2. The van der Waals surface area contributed by atoms with Gasteiger partial charge < -0.3 is 14.4 Å². The van der Waals surface area contributed by atoms with Crippen LogP contribution in [0.4, 0.5) is 5.69 Å². The number of hydrogen-bond donors (Lipinski definition) is 1. The quantitative estimate of drug-likeness (QED) is 0.314. The smallest absolute Gasteiger partial charge is 0.339 e. The minimum Gasteiger partial charge on any atom is -0.465 e. The van der Waals surface area contributed by atoms with E-state index in [1.165, 1.54) is 12.1 Å². The summed E-state index contributed by atoms with van der Waals surface area (Å²) in [5, 5.41) is 5.70. The lowest BCUT2D eigenvalue weighted by Gasteiger charge is -2.32. The molecule has 10 nitrogen and oxygen atoms in total. The van der Waals surface area contributed by atoms with Crippen LogP contribution in [0.1, 0.15) is 36.6 Å². The molecule has 43 heavy (non-hydrogen) atoms. The largest absolute Gasteiger partial charge is 0.465 e. The van der Waals surface area contributed by atoms with Gasteiger partial charge in [0.05, 0.1) is 65.5 Å². The van der Waals surface area contributed by atoms with Crippen LogP contribution in [0, 0.1) is 0 Å². The van der Waals surface area contributed by atoms with Gasteiger partial charge in [-0.2, -0.15) is 5.10 Å². The zero-order valence-electron chi connectivity index (χ0n) is 23.4. The molecule has 2 aliphatic heterocycles. The molecule has 2 amide bonds. The van der Waals surface area contributed by atoms with Crippen LogP contribution in [-0.2, 0) is 23.1 Å². The predicted octanol–water partition coefficient (Wildman–Crippen LogP) is 4.98. The monoisotopic (exact) mass is 619 g/mol. The average Bonchev–Trinajstić information content (AvgIpc) is 3.46. The first kappa shape index (κ1) is 28.7. The Labute approximate surface area is 257 Å². The summed E-state index contributed by atoms with van der Waals surface area (Å²) in [5.41, 5.74) is 7.97. The van der Waals surface area contributed by atoms with Crippen LogP contribution in [0.5, 0.6) is 0 Å². The van der Waals surface area contributed by atoms with Crippen molar-refractivity contribution in [1.29, 1.82) is 0 Å². The van der Waals surface area contributed by atoms with Gasteiger partial charge in [-0.1, -0.05) is 47.5 Å². The molecule has 2 aliphatic rings. The summed E-state index contributed by atoms with van der Waals surface area (Å²) >= 11 is 13.1. The lowest BCUT2D eigenvalue weighted by molar-refractivity contribution is 0.0540. The summed E-state index contributed by atoms with van der Waals surface area (Å²) in [6.07, 6.45) is 3.49. The normalized spacial score (nSPS) is 14.7. The Morgan fingerprint density at radius 2 is 1.74 bits per heavy atom. The molecule has 1 saturated heterocycles. The number of nitrogens with zero attached hydrogens (tertiary/aromatic N) is 4. The molecule has 3 aromatic carbocycles. The number of esters is 1. The SMILES string of the molecule is COC(=O)c1ccc(-c2cccc3c2C(=O)NN(C(=O)c2c(Cl)cc(-c4cnn(C)c4)cc2Cl)C3)cc1N1CCOCC1. The minimum absolute atomic E-state index is 0.0874. The molecule has 6 rings (SSSR count). The molecular formula is C31H27Cl2N5O5. The molecule has 0 radical (unpaired) electrons. The Morgan fingerprint density at radius 1 is 1.00 bits per heavy atom. The van der Waals surface area contributed by atoms with Gasteiger partial charge in [-0.3, -0.25) is 19.7 Å². The third-order valence-corrected chi connectivity index (χ3v) is 8.14.